The summed E-state index contributed by atoms with van der Waals surface area (Å²) in [6, 6.07) is 4.90. The Labute approximate surface area is 111 Å². The van der Waals surface area contributed by atoms with Gasteiger partial charge in [-0.05, 0) is 44.4 Å². The molecule has 3 nitrogen and oxygen atoms in total. The summed E-state index contributed by atoms with van der Waals surface area (Å²) in [5.41, 5.74) is 0.305. The molecule has 1 heterocycles. The van der Waals surface area contributed by atoms with Crippen LogP contribution in [0.1, 0.15) is 38.2 Å². The second-order valence-corrected chi connectivity index (χ2v) is 6.50. The maximum atomic E-state index is 5.62. The van der Waals surface area contributed by atoms with Crippen molar-refractivity contribution in [2.75, 3.05) is 20.1 Å². The van der Waals surface area contributed by atoms with Crippen LogP contribution in [-0.2, 0) is 6.54 Å². The molecule has 0 aliphatic heterocycles. The van der Waals surface area contributed by atoms with Gasteiger partial charge in [0.15, 0.2) is 0 Å². The second kappa shape index (κ2) is 5.45. The van der Waals surface area contributed by atoms with Gasteiger partial charge in [-0.1, -0.05) is 13.8 Å². The van der Waals surface area contributed by atoms with Gasteiger partial charge in [-0.15, -0.1) is 0 Å². The van der Waals surface area contributed by atoms with E-state index >= 15 is 0 Å². The van der Waals surface area contributed by atoms with Crippen LogP contribution in [0.3, 0.4) is 0 Å². The monoisotopic (exact) mass is 250 g/mol. The molecule has 0 radical (unpaired) electrons. The first-order valence-corrected chi connectivity index (χ1v) is 6.92. The third-order valence-electron chi connectivity index (χ3n) is 3.37. The summed E-state index contributed by atoms with van der Waals surface area (Å²) in [4.78, 5) is 2.34. The minimum Gasteiger partial charge on any atom is -0.465 e. The van der Waals surface area contributed by atoms with Crippen molar-refractivity contribution in [3.63, 3.8) is 0 Å². The molecule has 0 saturated heterocycles. The van der Waals surface area contributed by atoms with Gasteiger partial charge in [-0.2, -0.15) is 0 Å². The van der Waals surface area contributed by atoms with Gasteiger partial charge in [0.1, 0.15) is 11.5 Å². The molecule has 1 fully saturated rings. The minimum atomic E-state index is 0.305. The van der Waals surface area contributed by atoms with Crippen LogP contribution < -0.4 is 5.32 Å². The number of rotatable bonds is 7. The van der Waals surface area contributed by atoms with E-state index in [1.54, 1.807) is 0 Å². The molecule has 18 heavy (non-hydrogen) atoms. The lowest BCUT2D eigenvalue weighted by Gasteiger charge is -2.30. The molecule has 0 aromatic carbocycles. The maximum absolute atomic E-state index is 5.62. The van der Waals surface area contributed by atoms with Gasteiger partial charge < -0.3 is 9.73 Å². The van der Waals surface area contributed by atoms with Crippen LogP contribution in [-0.4, -0.2) is 31.1 Å². The van der Waals surface area contributed by atoms with Crippen molar-refractivity contribution in [2.24, 2.45) is 5.41 Å². The Bertz CT molecular complexity index is 380. The largest absolute Gasteiger partial charge is 0.465 e. The Morgan fingerprint density at radius 1 is 1.39 bits per heavy atom. The van der Waals surface area contributed by atoms with Crippen molar-refractivity contribution in [2.45, 2.75) is 46.2 Å². The minimum absolute atomic E-state index is 0.305. The van der Waals surface area contributed by atoms with E-state index in [1.165, 1.54) is 12.8 Å². The van der Waals surface area contributed by atoms with Crippen molar-refractivity contribution in [3.05, 3.63) is 23.7 Å². The smallest absolute Gasteiger partial charge is 0.118 e. The first kappa shape index (κ1) is 13.6. The van der Waals surface area contributed by atoms with Gasteiger partial charge in [0, 0.05) is 19.1 Å². The van der Waals surface area contributed by atoms with E-state index in [0.717, 1.165) is 37.2 Å². The lowest BCUT2D eigenvalue weighted by atomic mass is 9.92. The van der Waals surface area contributed by atoms with Gasteiger partial charge in [0.05, 0.1) is 6.54 Å². The molecule has 0 amide bonds. The summed E-state index contributed by atoms with van der Waals surface area (Å²) in [5, 5.41) is 3.62. The van der Waals surface area contributed by atoms with Crippen molar-refractivity contribution >= 4 is 0 Å². The normalized spacial score (nSPS) is 16.5. The second-order valence-electron chi connectivity index (χ2n) is 6.50. The number of aryl methyl sites for hydroxylation is 1. The van der Waals surface area contributed by atoms with Crippen LogP contribution >= 0.6 is 0 Å². The predicted molar refractivity (Wildman–Crippen MR) is 74.6 cm³/mol. The molecule has 1 aromatic rings. The number of nitrogens with one attached hydrogen (secondary N) is 1. The molecular formula is C15H26N2O. The highest BCUT2D eigenvalue weighted by molar-refractivity contribution is 5.05. The van der Waals surface area contributed by atoms with Gasteiger partial charge in [0.25, 0.3) is 0 Å². The van der Waals surface area contributed by atoms with Crippen LogP contribution in [0.15, 0.2) is 16.5 Å². The Kier molecular flexibility index (Phi) is 4.13. The first-order chi connectivity index (χ1) is 8.44. The molecule has 0 bridgehead atoms. The zero-order valence-corrected chi connectivity index (χ0v) is 12.1. The molecule has 0 unspecified atom stereocenters. The lowest BCUT2D eigenvalue weighted by molar-refractivity contribution is 0.187. The average Bonchev–Trinajstić information content (AvgIpc) is 3.00. The lowest BCUT2D eigenvalue weighted by Crippen LogP contribution is -2.39. The molecule has 1 aromatic heterocycles. The fourth-order valence-corrected chi connectivity index (χ4v) is 2.39. The van der Waals surface area contributed by atoms with Crippen LogP contribution in [0.4, 0.5) is 0 Å². The average molecular weight is 250 g/mol. The molecule has 1 N–H and O–H groups in total. The highest BCUT2D eigenvalue weighted by Crippen LogP contribution is 2.22. The summed E-state index contributed by atoms with van der Waals surface area (Å²) >= 11 is 0. The molecule has 102 valence electrons. The molecule has 0 atom stereocenters. The number of hydrogen-bond acceptors (Lipinski definition) is 3. The standard InChI is InChI=1S/C15H26N2O/c1-12-5-8-14(18-12)9-17(4)11-15(2,3)10-16-13-6-7-13/h5,8,13,16H,6-7,9-11H2,1-4H3. The van der Waals surface area contributed by atoms with Crippen LogP contribution in [0.2, 0.25) is 0 Å². The van der Waals surface area contributed by atoms with Crippen LogP contribution in [0.25, 0.3) is 0 Å². The molecular weight excluding hydrogens is 224 g/mol. The fourth-order valence-electron chi connectivity index (χ4n) is 2.39. The van der Waals surface area contributed by atoms with Gasteiger partial charge >= 0.3 is 0 Å². The van der Waals surface area contributed by atoms with E-state index in [4.69, 9.17) is 4.42 Å². The predicted octanol–water partition coefficient (Wildman–Crippen LogP) is 2.80. The molecule has 1 aliphatic carbocycles. The quantitative estimate of drug-likeness (QED) is 0.806. The van der Waals surface area contributed by atoms with E-state index in [2.05, 4.69) is 37.2 Å². The van der Waals surface area contributed by atoms with E-state index in [0.29, 0.717) is 5.41 Å². The highest BCUT2D eigenvalue weighted by atomic mass is 16.3. The topological polar surface area (TPSA) is 28.4 Å². The SMILES string of the molecule is Cc1ccc(CN(C)CC(C)(C)CNC2CC2)o1. The van der Waals surface area contributed by atoms with E-state index in [-0.39, 0.29) is 0 Å². The summed E-state index contributed by atoms with van der Waals surface area (Å²) < 4.78 is 5.62. The third-order valence-corrected chi connectivity index (χ3v) is 3.37. The molecule has 0 spiro atoms. The summed E-state index contributed by atoms with van der Waals surface area (Å²) in [6.45, 7) is 9.71. The summed E-state index contributed by atoms with van der Waals surface area (Å²) in [6.07, 6.45) is 2.72. The maximum Gasteiger partial charge on any atom is 0.118 e. The third kappa shape index (κ3) is 4.46. The summed E-state index contributed by atoms with van der Waals surface area (Å²) in [5.74, 6) is 2.05. The number of hydrogen-bond donors (Lipinski definition) is 1. The zero-order chi connectivity index (χ0) is 13.2. The highest BCUT2D eigenvalue weighted by Gasteiger charge is 2.26. The fraction of sp³-hybridized carbons (Fsp3) is 0.733. The van der Waals surface area contributed by atoms with Crippen molar-refractivity contribution in [1.82, 2.24) is 10.2 Å². The van der Waals surface area contributed by atoms with Crippen LogP contribution in [0, 0.1) is 12.3 Å². The van der Waals surface area contributed by atoms with Crippen molar-refractivity contribution in [1.29, 1.82) is 0 Å². The molecule has 3 heteroatoms. The summed E-state index contributed by atoms with van der Waals surface area (Å²) in [7, 11) is 2.16. The Morgan fingerprint density at radius 3 is 2.67 bits per heavy atom. The number of nitrogens with zero attached hydrogens (tertiary/aromatic N) is 1. The van der Waals surface area contributed by atoms with Crippen molar-refractivity contribution in [3.8, 4) is 0 Å². The molecule has 2 rings (SSSR count). The molecule has 1 saturated carbocycles. The Morgan fingerprint density at radius 2 is 2.11 bits per heavy atom. The molecule has 1 aliphatic rings. The van der Waals surface area contributed by atoms with Gasteiger partial charge in [-0.3, -0.25) is 4.90 Å². The van der Waals surface area contributed by atoms with E-state index in [9.17, 15) is 0 Å². The van der Waals surface area contributed by atoms with Crippen molar-refractivity contribution < 1.29 is 4.42 Å². The first-order valence-electron chi connectivity index (χ1n) is 6.92. The Balaban J connectivity index is 1.75. The van der Waals surface area contributed by atoms with Gasteiger partial charge in [0.2, 0.25) is 0 Å². The van der Waals surface area contributed by atoms with Crippen LogP contribution in [0.5, 0.6) is 0 Å². The Hall–Kier alpha value is -0.800. The van der Waals surface area contributed by atoms with E-state index < -0.39 is 0 Å². The number of furan rings is 1. The zero-order valence-electron chi connectivity index (χ0n) is 12.1. The van der Waals surface area contributed by atoms with E-state index in [1.807, 2.05) is 13.0 Å². The van der Waals surface area contributed by atoms with Gasteiger partial charge in [-0.25, -0.2) is 0 Å².